The molecule has 0 saturated carbocycles. The van der Waals surface area contributed by atoms with Crippen molar-refractivity contribution in [3.63, 3.8) is 0 Å². The topological polar surface area (TPSA) is 77.3 Å². The van der Waals surface area contributed by atoms with Gasteiger partial charge in [0.2, 0.25) is 0 Å². The average Bonchev–Trinajstić information content (AvgIpc) is 2.50. The number of hydrogen-bond acceptors (Lipinski definition) is 4. The lowest BCUT2D eigenvalue weighted by molar-refractivity contribution is 0.200. The summed E-state index contributed by atoms with van der Waals surface area (Å²) in [5, 5.41) is 6.29. The van der Waals surface area contributed by atoms with Crippen molar-refractivity contribution in [3.05, 3.63) is 59.7 Å². The molecule has 0 N–H and O–H groups in total. The third kappa shape index (κ3) is 4.82. The molecule has 0 bridgehead atoms. The zero-order valence-corrected chi connectivity index (χ0v) is 12.1. The van der Waals surface area contributed by atoms with Crippen molar-refractivity contribution in [3.8, 4) is 11.5 Å². The van der Waals surface area contributed by atoms with Crippen LogP contribution in [0.3, 0.4) is 0 Å². The number of amides is 2. The molecule has 0 atom stereocenters. The Balaban J connectivity index is 1.87. The summed E-state index contributed by atoms with van der Waals surface area (Å²) >= 11 is 0. The molecule has 0 radical (unpaired) electrons. The first-order valence-corrected chi connectivity index (χ1v) is 6.51. The minimum absolute atomic E-state index is 0.321. The second kappa shape index (κ2) is 7.12. The van der Waals surface area contributed by atoms with E-state index in [1.54, 1.807) is 48.5 Å². The fourth-order valence-corrected chi connectivity index (χ4v) is 1.54. The zero-order valence-electron chi connectivity index (χ0n) is 12.1. The summed E-state index contributed by atoms with van der Waals surface area (Å²) < 4.78 is 9.76. The fourth-order valence-electron chi connectivity index (χ4n) is 1.54. The number of ether oxygens (including phenoxy) is 2. The first-order valence-electron chi connectivity index (χ1n) is 6.51. The van der Waals surface area contributed by atoms with Crippen molar-refractivity contribution in [1.82, 2.24) is 0 Å². The van der Waals surface area contributed by atoms with E-state index in [0.717, 1.165) is 11.1 Å². The van der Waals surface area contributed by atoms with Crippen LogP contribution in [0.5, 0.6) is 11.5 Å². The Hall–Kier alpha value is -3.02. The lowest BCUT2D eigenvalue weighted by Crippen LogP contribution is -2.05. The maximum atomic E-state index is 11.4. The van der Waals surface area contributed by atoms with E-state index >= 15 is 0 Å². The van der Waals surface area contributed by atoms with Crippen LogP contribution in [0.25, 0.3) is 0 Å². The smallest absolute Gasteiger partial charge is 0.408 e. The maximum Gasteiger partial charge on any atom is 0.458 e. The van der Waals surface area contributed by atoms with Gasteiger partial charge >= 0.3 is 12.2 Å². The van der Waals surface area contributed by atoms with E-state index < -0.39 is 12.2 Å². The highest BCUT2D eigenvalue weighted by Gasteiger charge is 2.06. The van der Waals surface area contributed by atoms with Gasteiger partial charge in [-0.05, 0) is 38.1 Å². The van der Waals surface area contributed by atoms with Crippen LogP contribution in [0.1, 0.15) is 11.1 Å². The third-order valence-corrected chi connectivity index (χ3v) is 2.67. The molecule has 6 nitrogen and oxygen atoms in total. The number of rotatable bonds is 2. The van der Waals surface area contributed by atoms with Gasteiger partial charge in [-0.1, -0.05) is 45.6 Å². The molecule has 2 amide bonds. The van der Waals surface area contributed by atoms with Gasteiger partial charge in [-0.25, -0.2) is 9.59 Å². The predicted molar refractivity (Wildman–Crippen MR) is 79.3 cm³/mol. The second-order valence-corrected chi connectivity index (χ2v) is 4.56. The Bertz CT molecular complexity index is 630. The fraction of sp³-hybridized carbons (Fsp3) is 0.125. The molecule has 0 aliphatic rings. The van der Waals surface area contributed by atoms with E-state index in [4.69, 9.17) is 9.47 Å². The first-order chi connectivity index (χ1) is 10.5. The predicted octanol–water partition coefficient (Wildman–Crippen LogP) is 4.45. The quantitative estimate of drug-likeness (QED) is 0.767. The Morgan fingerprint density at radius 3 is 1.32 bits per heavy atom. The summed E-state index contributed by atoms with van der Waals surface area (Å²) in [7, 11) is 0. The van der Waals surface area contributed by atoms with Gasteiger partial charge in [-0.15, -0.1) is 0 Å². The Kier molecular flexibility index (Phi) is 4.98. The van der Waals surface area contributed by atoms with Crippen LogP contribution in [0.15, 0.2) is 58.8 Å². The highest BCUT2D eigenvalue weighted by molar-refractivity contribution is 5.75. The van der Waals surface area contributed by atoms with Crippen molar-refractivity contribution < 1.29 is 19.1 Å². The van der Waals surface area contributed by atoms with Crippen LogP contribution < -0.4 is 9.47 Å². The monoisotopic (exact) mass is 298 g/mol. The molecule has 2 rings (SSSR count). The van der Waals surface area contributed by atoms with Crippen molar-refractivity contribution in [1.29, 1.82) is 0 Å². The van der Waals surface area contributed by atoms with Gasteiger partial charge in [-0.3, -0.25) is 0 Å². The number of benzene rings is 2. The van der Waals surface area contributed by atoms with Gasteiger partial charge in [0.05, 0.1) is 0 Å². The number of hydrogen-bond donors (Lipinski definition) is 0. The molecular formula is C16H14N2O4. The maximum absolute atomic E-state index is 11.4. The van der Waals surface area contributed by atoms with Crippen LogP contribution in [0.4, 0.5) is 9.59 Å². The largest absolute Gasteiger partial charge is 0.458 e. The standard InChI is InChI=1S/C16H14N2O4/c1-11-3-7-13(8-4-11)21-15(19)17-18-16(20)22-14-9-5-12(2)6-10-14/h3-10H,1-2H3/b18-17+. The van der Waals surface area contributed by atoms with Gasteiger partial charge in [0.1, 0.15) is 11.5 Å². The summed E-state index contributed by atoms with van der Waals surface area (Å²) in [6.45, 7) is 3.82. The second-order valence-electron chi connectivity index (χ2n) is 4.56. The van der Waals surface area contributed by atoms with Crippen molar-refractivity contribution in [2.45, 2.75) is 13.8 Å². The lowest BCUT2D eigenvalue weighted by Gasteiger charge is -2.01. The first kappa shape index (κ1) is 15.4. The molecule has 0 aromatic heterocycles. The van der Waals surface area contributed by atoms with Crippen molar-refractivity contribution >= 4 is 12.2 Å². The summed E-state index contributed by atoms with van der Waals surface area (Å²) in [4.78, 5) is 22.8. The summed E-state index contributed by atoms with van der Waals surface area (Å²) in [6.07, 6.45) is -1.99. The molecule has 0 unspecified atom stereocenters. The van der Waals surface area contributed by atoms with Crippen LogP contribution >= 0.6 is 0 Å². The summed E-state index contributed by atoms with van der Waals surface area (Å²) in [5.74, 6) is 0.642. The Morgan fingerprint density at radius 2 is 1.00 bits per heavy atom. The van der Waals surface area contributed by atoms with Gasteiger partial charge in [-0.2, -0.15) is 0 Å². The molecular weight excluding hydrogens is 284 g/mol. The lowest BCUT2D eigenvalue weighted by atomic mass is 10.2. The van der Waals surface area contributed by atoms with Crippen LogP contribution in [0, 0.1) is 13.8 Å². The molecule has 0 aliphatic carbocycles. The van der Waals surface area contributed by atoms with Gasteiger partial charge in [0, 0.05) is 0 Å². The van der Waals surface area contributed by atoms with E-state index in [2.05, 4.69) is 10.2 Å². The Labute approximate surface area is 127 Å². The third-order valence-electron chi connectivity index (χ3n) is 2.67. The minimum atomic E-state index is -0.996. The normalized spacial score (nSPS) is 10.5. The minimum Gasteiger partial charge on any atom is -0.408 e. The summed E-state index contributed by atoms with van der Waals surface area (Å²) in [5.41, 5.74) is 2.06. The van der Waals surface area contributed by atoms with Crippen molar-refractivity contribution in [2.24, 2.45) is 10.2 Å². The molecule has 0 heterocycles. The van der Waals surface area contributed by atoms with Crippen molar-refractivity contribution in [2.75, 3.05) is 0 Å². The van der Waals surface area contributed by atoms with Crippen LogP contribution in [0.2, 0.25) is 0 Å². The number of nitrogens with zero attached hydrogens (tertiary/aromatic N) is 2. The molecule has 112 valence electrons. The zero-order chi connectivity index (χ0) is 15.9. The SMILES string of the molecule is Cc1ccc(OC(=O)/N=N/C(=O)Oc2ccc(C)cc2)cc1. The number of carbonyl (C=O) groups excluding carboxylic acids is 2. The molecule has 0 saturated heterocycles. The van der Waals surface area contributed by atoms with E-state index in [1.807, 2.05) is 13.8 Å². The number of azo groups is 1. The van der Waals surface area contributed by atoms with E-state index in [-0.39, 0.29) is 0 Å². The molecule has 0 fully saturated rings. The Morgan fingerprint density at radius 1 is 0.682 bits per heavy atom. The molecule has 22 heavy (non-hydrogen) atoms. The molecule has 2 aromatic rings. The average molecular weight is 298 g/mol. The van der Waals surface area contributed by atoms with Gasteiger partial charge in [0.15, 0.2) is 0 Å². The van der Waals surface area contributed by atoms with E-state index in [0.29, 0.717) is 11.5 Å². The van der Waals surface area contributed by atoms with E-state index in [1.165, 1.54) is 0 Å². The molecule has 0 spiro atoms. The summed E-state index contributed by atoms with van der Waals surface area (Å²) in [6, 6.07) is 13.6. The number of carbonyl (C=O) groups is 2. The highest BCUT2D eigenvalue weighted by atomic mass is 16.6. The number of aryl methyl sites for hydroxylation is 2. The highest BCUT2D eigenvalue weighted by Crippen LogP contribution is 2.13. The van der Waals surface area contributed by atoms with E-state index in [9.17, 15) is 9.59 Å². The molecule has 6 heteroatoms. The van der Waals surface area contributed by atoms with Gasteiger partial charge < -0.3 is 9.47 Å². The van der Waals surface area contributed by atoms with Crippen LogP contribution in [-0.2, 0) is 0 Å². The van der Waals surface area contributed by atoms with Gasteiger partial charge in [0.25, 0.3) is 0 Å². The molecule has 0 aliphatic heterocycles. The van der Waals surface area contributed by atoms with Crippen LogP contribution in [-0.4, -0.2) is 12.2 Å². The molecule has 2 aromatic carbocycles.